The molecule has 0 aliphatic carbocycles. The van der Waals surface area contributed by atoms with Gasteiger partial charge < -0.3 is 5.11 Å². The zero-order valence-electron chi connectivity index (χ0n) is 9.28. The molecule has 2 aliphatic heterocycles. The first-order valence-corrected chi connectivity index (χ1v) is 6.23. The predicted molar refractivity (Wildman–Crippen MR) is 58.2 cm³/mol. The number of rotatable bonds is 3. The molecule has 0 radical (unpaired) electrons. The highest BCUT2D eigenvalue weighted by Gasteiger charge is 2.38. The number of aliphatic hydroxyl groups excluding tert-OH is 1. The minimum Gasteiger partial charge on any atom is -0.396 e. The van der Waals surface area contributed by atoms with E-state index < -0.39 is 0 Å². The molecule has 0 amide bonds. The van der Waals surface area contributed by atoms with Crippen molar-refractivity contribution in [2.75, 3.05) is 13.2 Å². The molecule has 3 atom stereocenters. The van der Waals surface area contributed by atoms with Crippen molar-refractivity contribution in [2.45, 2.75) is 57.5 Å². The third-order valence-electron chi connectivity index (χ3n) is 4.21. The fraction of sp³-hybridized carbons (Fsp3) is 1.00. The van der Waals surface area contributed by atoms with Crippen molar-refractivity contribution >= 4 is 0 Å². The quantitative estimate of drug-likeness (QED) is 0.748. The second-order valence-corrected chi connectivity index (χ2v) is 4.86. The highest BCUT2D eigenvalue weighted by atomic mass is 16.3. The summed E-state index contributed by atoms with van der Waals surface area (Å²) in [5, 5.41) is 9.03. The Bertz CT molecular complexity index is 183. The molecular formula is C12H23NO. The molecule has 2 aliphatic rings. The van der Waals surface area contributed by atoms with Gasteiger partial charge in [0.2, 0.25) is 0 Å². The topological polar surface area (TPSA) is 23.5 Å². The monoisotopic (exact) mass is 197 g/mol. The summed E-state index contributed by atoms with van der Waals surface area (Å²) >= 11 is 0. The normalized spacial score (nSPS) is 38.6. The average molecular weight is 197 g/mol. The van der Waals surface area contributed by atoms with E-state index in [1.807, 2.05) is 0 Å². The van der Waals surface area contributed by atoms with Crippen molar-refractivity contribution in [3.8, 4) is 0 Å². The van der Waals surface area contributed by atoms with Crippen LogP contribution in [-0.4, -0.2) is 35.2 Å². The number of fused-ring (bicyclic) bond motifs is 1. The average Bonchev–Trinajstić information content (AvgIpc) is 2.67. The zero-order chi connectivity index (χ0) is 9.97. The maximum atomic E-state index is 9.03. The molecular weight excluding hydrogens is 174 g/mol. The van der Waals surface area contributed by atoms with Crippen LogP contribution < -0.4 is 0 Å². The highest BCUT2D eigenvalue weighted by Crippen LogP contribution is 2.37. The van der Waals surface area contributed by atoms with E-state index in [0.717, 1.165) is 18.4 Å². The molecule has 0 saturated carbocycles. The van der Waals surface area contributed by atoms with Gasteiger partial charge in [0, 0.05) is 18.7 Å². The van der Waals surface area contributed by atoms with Gasteiger partial charge in [0.1, 0.15) is 0 Å². The molecule has 14 heavy (non-hydrogen) atoms. The first-order valence-electron chi connectivity index (χ1n) is 6.23. The van der Waals surface area contributed by atoms with Crippen molar-refractivity contribution in [3.05, 3.63) is 0 Å². The van der Waals surface area contributed by atoms with Gasteiger partial charge in [-0.1, -0.05) is 13.3 Å². The van der Waals surface area contributed by atoms with Gasteiger partial charge in [-0.3, -0.25) is 4.90 Å². The summed E-state index contributed by atoms with van der Waals surface area (Å²) in [5.74, 6) is 0.937. The Kier molecular flexibility index (Phi) is 3.45. The van der Waals surface area contributed by atoms with E-state index in [1.165, 1.54) is 38.6 Å². The lowest BCUT2D eigenvalue weighted by Gasteiger charge is -2.42. The predicted octanol–water partition coefficient (Wildman–Crippen LogP) is 2.02. The first-order chi connectivity index (χ1) is 6.86. The summed E-state index contributed by atoms with van der Waals surface area (Å²) in [7, 11) is 0. The van der Waals surface area contributed by atoms with Gasteiger partial charge in [-0.15, -0.1) is 0 Å². The van der Waals surface area contributed by atoms with Crippen LogP contribution in [0.4, 0.5) is 0 Å². The van der Waals surface area contributed by atoms with Crippen molar-refractivity contribution < 1.29 is 5.11 Å². The Morgan fingerprint density at radius 2 is 2.14 bits per heavy atom. The lowest BCUT2D eigenvalue weighted by molar-refractivity contribution is 0.0572. The largest absolute Gasteiger partial charge is 0.396 e. The second-order valence-electron chi connectivity index (χ2n) is 4.86. The molecule has 2 rings (SSSR count). The van der Waals surface area contributed by atoms with Gasteiger partial charge in [0.25, 0.3) is 0 Å². The smallest absolute Gasteiger partial charge is 0.0445 e. The maximum Gasteiger partial charge on any atom is 0.0445 e. The molecule has 0 aromatic rings. The number of nitrogens with zero attached hydrogens (tertiary/aromatic N) is 1. The van der Waals surface area contributed by atoms with E-state index in [0.29, 0.717) is 12.6 Å². The minimum atomic E-state index is 0.366. The third kappa shape index (κ3) is 1.82. The second kappa shape index (κ2) is 4.63. The van der Waals surface area contributed by atoms with Crippen LogP contribution in [0.15, 0.2) is 0 Å². The van der Waals surface area contributed by atoms with E-state index in [9.17, 15) is 0 Å². The Labute approximate surface area is 87.3 Å². The highest BCUT2D eigenvalue weighted by molar-refractivity contribution is 4.93. The van der Waals surface area contributed by atoms with Gasteiger partial charge in [0.15, 0.2) is 0 Å². The Morgan fingerprint density at radius 1 is 1.29 bits per heavy atom. The van der Waals surface area contributed by atoms with Gasteiger partial charge >= 0.3 is 0 Å². The van der Waals surface area contributed by atoms with E-state index in [4.69, 9.17) is 5.11 Å². The van der Waals surface area contributed by atoms with Gasteiger partial charge in [-0.2, -0.15) is 0 Å². The number of hydrogen-bond acceptors (Lipinski definition) is 2. The van der Waals surface area contributed by atoms with Crippen LogP contribution >= 0.6 is 0 Å². The minimum absolute atomic E-state index is 0.366. The maximum absolute atomic E-state index is 9.03. The summed E-state index contributed by atoms with van der Waals surface area (Å²) < 4.78 is 0. The summed E-state index contributed by atoms with van der Waals surface area (Å²) in [6, 6.07) is 1.54. The van der Waals surface area contributed by atoms with E-state index >= 15 is 0 Å². The summed E-state index contributed by atoms with van der Waals surface area (Å²) in [6.45, 7) is 3.98. The first kappa shape index (κ1) is 10.4. The van der Waals surface area contributed by atoms with Gasteiger partial charge in [-0.05, 0) is 44.6 Å². The zero-order valence-corrected chi connectivity index (χ0v) is 9.28. The van der Waals surface area contributed by atoms with E-state index in [2.05, 4.69) is 11.8 Å². The van der Waals surface area contributed by atoms with Crippen LogP contribution in [0, 0.1) is 5.92 Å². The lowest BCUT2D eigenvalue weighted by Crippen LogP contribution is -2.47. The summed E-state index contributed by atoms with van der Waals surface area (Å²) in [5.41, 5.74) is 0. The Hall–Kier alpha value is -0.0800. The molecule has 0 bridgehead atoms. The third-order valence-corrected chi connectivity index (χ3v) is 4.21. The molecule has 0 unspecified atom stereocenters. The van der Waals surface area contributed by atoms with Crippen LogP contribution in [0.25, 0.3) is 0 Å². The number of aliphatic hydroxyl groups is 1. The van der Waals surface area contributed by atoms with Crippen LogP contribution in [-0.2, 0) is 0 Å². The fourth-order valence-electron chi connectivity index (χ4n) is 3.47. The van der Waals surface area contributed by atoms with Gasteiger partial charge in [0.05, 0.1) is 0 Å². The van der Waals surface area contributed by atoms with E-state index in [-0.39, 0.29) is 0 Å². The molecule has 2 nitrogen and oxygen atoms in total. The van der Waals surface area contributed by atoms with Crippen molar-refractivity contribution in [2.24, 2.45) is 5.92 Å². The number of piperidine rings is 1. The molecule has 1 N–H and O–H groups in total. The molecule has 2 heteroatoms. The molecule has 0 aromatic carbocycles. The molecule has 2 fully saturated rings. The van der Waals surface area contributed by atoms with E-state index in [1.54, 1.807) is 0 Å². The van der Waals surface area contributed by atoms with Gasteiger partial charge in [-0.25, -0.2) is 0 Å². The summed E-state index contributed by atoms with van der Waals surface area (Å²) in [4.78, 5) is 2.69. The lowest BCUT2D eigenvalue weighted by atomic mass is 9.83. The van der Waals surface area contributed by atoms with Crippen molar-refractivity contribution in [1.82, 2.24) is 4.90 Å². The molecule has 0 aromatic heterocycles. The Morgan fingerprint density at radius 3 is 2.86 bits per heavy atom. The summed E-state index contributed by atoms with van der Waals surface area (Å²) in [6.07, 6.45) is 7.82. The molecule has 82 valence electrons. The van der Waals surface area contributed by atoms with Crippen LogP contribution in [0.2, 0.25) is 0 Å². The Balaban J connectivity index is 1.99. The molecule has 2 saturated heterocycles. The van der Waals surface area contributed by atoms with Crippen LogP contribution in [0.5, 0.6) is 0 Å². The number of hydrogen-bond donors (Lipinski definition) is 1. The fourth-order valence-corrected chi connectivity index (χ4v) is 3.47. The molecule has 2 heterocycles. The molecule has 0 spiro atoms. The van der Waals surface area contributed by atoms with Crippen molar-refractivity contribution in [3.63, 3.8) is 0 Å². The van der Waals surface area contributed by atoms with Crippen LogP contribution in [0.1, 0.15) is 45.4 Å². The standard InChI is InChI=1S/C12H23NO/c1-2-10-5-6-11(7-9-14)13-8-3-4-12(10)13/h10-12,14H,2-9H2,1H3/t10-,11+,12+/m1/s1. The van der Waals surface area contributed by atoms with Crippen LogP contribution in [0.3, 0.4) is 0 Å². The SMILES string of the molecule is CC[C@@H]1CC[C@@H](CCO)N2CCC[C@@H]12. The van der Waals surface area contributed by atoms with Crippen molar-refractivity contribution in [1.29, 1.82) is 0 Å².